The number of hydrogen-bond donors (Lipinski definition) is 0. The molecule has 1 aliphatic rings. The molecule has 0 radical (unpaired) electrons. The van der Waals surface area contributed by atoms with Gasteiger partial charge >= 0.3 is 0 Å². The van der Waals surface area contributed by atoms with Crippen LogP contribution < -0.4 is 0 Å². The van der Waals surface area contributed by atoms with Gasteiger partial charge in [-0.25, -0.2) is 4.39 Å². The van der Waals surface area contributed by atoms with Crippen molar-refractivity contribution < 1.29 is 4.39 Å². The molecule has 1 aromatic rings. The summed E-state index contributed by atoms with van der Waals surface area (Å²) in [5.41, 5.74) is 2.53. The molecule has 2 rings (SSSR count). The third-order valence-corrected chi connectivity index (χ3v) is 3.34. The summed E-state index contributed by atoms with van der Waals surface area (Å²) in [6, 6.07) is 6.84. The van der Waals surface area contributed by atoms with Gasteiger partial charge in [-0.15, -0.1) is 0 Å². The molecule has 2 heteroatoms. The average Bonchev–Trinajstić information content (AvgIpc) is 2.38. The van der Waals surface area contributed by atoms with E-state index in [-0.39, 0.29) is 5.82 Å². The largest absolute Gasteiger partial charge is 0.299 e. The van der Waals surface area contributed by atoms with E-state index in [9.17, 15) is 4.39 Å². The van der Waals surface area contributed by atoms with Crippen molar-refractivity contribution in [3.63, 3.8) is 0 Å². The van der Waals surface area contributed by atoms with Crippen LogP contribution in [0.15, 0.2) is 30.3 Å². The first kappa shape index (κ1) is 12.3. The summed E-state index contributed by atoms with van der Waals surface area (Å²) in [7, 11) is 0. The summed E-state index contributed by atoms with van der Waals surface area (Å²) in [6.07, 6.45) is 5.90. The maximum atomic E-state index is 12.8. The number of halogens is 1. The van der Waals surface area contributed by atoms with Crippen LogP contribution in [0.5, 0.6) is 0 Å². The highest BCUT2D eigenvalue weighted by molar-refractivity contribution is 5.66. The minimum absolute atomic E-state index is 0.158. The molecule has 0 fully saturated rings. The fourth-order valence-corrected chi connectivity index (χ4v) is 2.22. The second-order valence-corrected chi connectivity index (χ2v) is 4.64. The zero-order valence-corrected chi connectivity index (χ0v) is 10.5. The molecule has 1 aliphatic heterocycles. The quantitative estimate of drug-likeness (QED) is 0.766. The van der Waals surface area contributed by atoms with E-state index in [1.807, 2.05) is 12.1 Å². The topological polar surface area (TPSA) is 3.24 Å². The van der Waals surface area contributed by atoms with E-state index in [2.05, 4.69) is 17.9 Å². The summed E-state index contributed by atoms with van der Waals surface area (Å²) >= 11 is 0. The van der Waals surface area contributed by atoms with Crippen LogP contribution in [0.1, 0.15) is 31.7 Å². The SMILES string of the molecule is CCCCN1CC=C(c2ccc(F)cc2)CC1. The normalized spacial score (nSPS) is 16.9. The lowest BCUT2D eigenvalue weighted by molar-refractivity contribution is 0.297. The molecule has 1 aromatic carbocycles. The summed E-state index contributed by atoms with van der Waals surface area (Å²) in [5.74, 6) is -0.158. The molecule has 0 atom stereocenters. The summed E-state index contributed by atoms with van der Waals surface area (Å²) < 4.78 is 12.8. The molecule has 17 heavy (non-hydrogen) atoms. The van der Waals surface area contributed by atoms with Crippen molar-refractivity contribution >= 4 is 5.57 Å². The molecule has 0 amide bonds. The fourth-order valence-electron chi connectivity index (χ4n) is 2.22. The molecule has 1 heterocycles. The lowest BCUT2D eigenvalue weighted by atomic mass is 9.99. The molecule has 0 aromatic heterocycles. The van der Waals surface area contributed by atoms with Crippen molar-refractivity contribution in [1.29, 1.82) is 0 Å². The van der Waals surface area contributed by atoms with E-state index < -0.39 is 0 Å². The molecule has 0 bridgehead atoms. The second-order valence-electron chi connectivity index (χ2n) is 4.64. The van der Waals surface area contributed by atoms with Crippen LogP contribution in [0.2, 0.25) is 0 Å². The van der Waals surface area contributed by atoms with E-state index >= 15 is 0 Å². The van der Waals surface area contributed by atoms with E-state index in [1.54, 1.807) is 12.1 Å². The molecule has 0 N–H and O–H groups in total. The first-order chi connectivity index (χ1) is 8.29. The van der Waals surface area contributed by atoms with Gasteiger partial charge in [-0.2, -0.15) is 0 Å². The Balaban J connectivity index is 1.96. The Hall–Kier alpha value is -1.15. The van der Waals surface area contributed by atoms with Crippen LogP contribution in [0.3, 0.4) is 0 Å². The van der Waals surface area contributed by atoms with Crippen LogP contribution in [0.25, 0.3) is 5.57 Å². The average molecular weight is 233 g/mol. The Bertz CT molecular complexity index is 380. The molecule has 0 saturated heterocycles. The molecule has 0 spiro atoms. The van der Waals surface area contributed by atoms with Crippen molar-refractivity contribution in [2.45, 2.75) is 26.2 Å². The van der Waals surface area contributed by atoms with E-state index in [4.69, 9.17) is 0 Å². The molecule has 1 nitrogen and oxygen atoms in total. The van der Waals surface area contributed by atoms with Crippen molar-refractivity contribution in [2.24, 2.45) is 0 Å². The third kappa shape index (κ3) is 3.40. The van der Waals surface area contributed by atoms with Gasteiger partial charge in [-0.1, -0.05) is 31.6 Å². The van der Waals surface area contributed by atoms with Crippen molar-refractivity contribution in [1.82, 2.24) is 4.90 Å². The molecule has 92 valence electrons. The van der Waals surface area contributed by atoms with Gasteiger partial charge in [-0.05, 0) is 42.7 Å². The minimum Gasteiger partial charge on any atom is -0.299 e. The first-order valence-corrected chi connectivity index (χ1v) is 6.47. The van der Waals surface area contributed by atoms with Crippen LogP contribution in [0, 0.1) is 5.82 Å². The second kappa shape index (κ2) is 5.97. The van der Waals surface area contributed by atoms with E-state index in [0.29, 0.717) is 0 Å². The molecule has 0 unspecified atom stereocenters. The van der Waals surface area contributed by atoms with Crippen molar-refractivity contribution in [3.05, 3.63) is 41.7 Å². The van der Waals surface area contributed by atoms with Crippen LogP contribution in [0.4, 0.5) is 4.39 Å². The standard InChI is InChI=1S/C15H20FN/c1-2-3-10-17-11-8-14(9-12-17)13-4-6-15(16)7-5-13/h4-8H,2-3,9-12H2,1H3. The van der Waals surface area contributed by atoms with Crippen LogP contribution in [-0.2, 0) is 0 Å². The van der Waals surface area contributed by atoms with Gasteiger partial charge in [0.25, 0.3) is 0 Å². The number of nitrogens with zero attached hydrogens (tertiary/aromatic N) is 1. The smallest absolute Gasteiger partial charge is 0.123 e. The summed E-state index contributed by atoms with van der Waals surface area (Å²) in [5, 5.41) is 0. The number of unbranched alkanes of at least 4 members (excludes halogenated alkanes) is 1. The van der Waals surface area contributed by atoms with E-state index in [1.165, 1.54) is 30.5 Å². The van der Waals surface area contributed by atoms with Crippen LogP contribution in [-0.4, -0.2) is 24.5 Å². The zero-order chi connectivity index (χ0) is 12.1. The van der Waals surface area contributed by atoms with E-state index in [0.717, 1.165) is 19.5 Å². The van der Waals surface area contributed by atoms with Crippen LogP contribution >= 0.6 is 0 Å². The van der Waals surface area contributed by atoms with Gasteiger partial charge < -0.3 is 0 Å². The lowest BCUT2D eigenvalue weighted by Gasteiger charge is -2.26. The Kier molecular flexibility index (Phi) is 4.32. The van der Waals surface area contributed by atoms with Gasteiger partial charge in [0.05, 0.1) is 0 Å². The van der Waals surface area contributed by atoms with Gasteiger partial charge in [0.15, 0.2) is 0 Å². The first-order valence-electron chi connectivity index (χ1n) is 6.47. The summed E-state index contributed by atoms with van der Waals surface area (Å²) in [6.45, 7) is 5.59. The van der Waals surface area contributed by atoms with Gasteiger partial charge in [0, 0.05) is 13.1 Å². The minimum atomic E-state index is -0.158. The van der Waals surface area contributed by atoms with Gasteiger partial charge in [0.2, 0.25) is 0 Å². The predicted molar refractivity (Wildman–Crippen MR) is 70.3 cm³/mol. The highest BCUT2D eigenvalue weighted by Gasteiger charge is 2.12. The Morgan fingerprint density at radius 3 is 2.59 bits per heavy atom. The Morgan fingerprint density at radius 2 is 2.00 bits per heavy atom. The fraction of sp³-hybridized carbons (Fsp3) is 0.467. The summed E-state index contributed by atoms with van der Waals surface area (Å²) in [4.78, 5) is 2.48. The molecule has 0 aliphatic carbocycles. The number of rotatable bonds is 4. The molecule has 0 saturated carbocycles. The van der Waals surface area contributed by atoms with Gasteiger partial charge in [-0.3, -0.25) is 4.90 Å². The Labute approximate surface area is 103 Å². The highest BCUT2D eigenvalue weighted by atomic mass is 19.1. The maximum Gasteiger partial charge on any atom is 0.123 e. The van der Waals surface area contributed by atoms with Gasteiger partial charge in [0.1, 0.15) is 5.82 Å². The number of hydrogen-bond acceptors (Lipinski definition) is 1. The molecular weight excluding hydrogens is 213 g/mol. The zero-order valence-electron chi connectivity index (χ0n) is 10.5. The lowest BCUT2D eigenvalue weighted by Crippen LogP contribution is -2.29. The molecular formula is C15H20FN. The maximum absolute atomic E-state index is 12.8. The highest BCUT2D eigenvalue weighted by Crippen LogP contribution is 2.22. The number of benzene rings is 1. The monoisotopic (exact) mass is 233 g/mol. The van der Waals surface area contributed by atoms with Crippen molar-refractivity contribution in [3.8, 4) is 0 Å². The predicted octanol–water partition coefficient (Wildman–Crippen LogP) is 3.71. The van der Waals surface area contributed by atoms with Crippen molar-refractivity contribution in [2.75, 3.05) is 19.6 Å². The Morgan fingerprint density at radius 1 is 1.24 bits per heavy atom. The third-order valence-electron chi connectivity index (χ3n) is 3.34.